The van der Waals surface area contributed by atoms with E-state index >= 15 is 0 Å². The first-order valence-corrected chi connectivity index (χ1v) is 9.09. The lowest BCUT2D eigenvalue weighted by molar-refractivity contribution is 0.401. The molecule has 0 fully saturated rings. The van der Waals surface area contributed by atoms with Crippen LogP contribution in [0.4, 0.5) is 0 Å². The Bertz CT molecular complexity index is 689. The molecule has 0 heterocycles. The van der Waals surface area contributed by atoms with E-state index in [2.05, 4.69) is 4.72 Å². The van der Waals surface area contributed by atoms with Gasteiger partial charge in [0.15, 0.2) is 9.84 Å². The van der Waals surface area contributed by atoms with Gasteiger partial charge in [0.05, 0.1) is 12.0 Å². The molecule has 0 saturated carbocycles. The highest BCUT2D eigenvalue weighted by Crippen LogP contribution is 2.26. The number of methoxy groups -OCH3 is 1. The normalized spacial score (nSPS) is 13.3. The third kappa shape index (κ3) is 5.11. The molecular weight excluding hydrogens is 340 g/mol. The minimum Gasteiger partial charge on any atom is -0.495 e. The van der Waals surface area contributed by atoms with Gasteiger partial charge in [-0.1, -0.05) is 0 Å². The molecule has 122 valence electrons. The van der Waals surface area contributed by atoms with E-state index in [4.69, 9.17) is 10.5 Å². The zero-order valence-electron chi connectivity index (χ0n) is 11.9. The van der Waals surface area contributed by atoms with Crippen molar-refractivity contribution in [1.82, 2.24) is 4.72 Å². The second kappa shape index (κ2) is 7.41. The average Bonchev–Trinajstić information content (AvgIpc) is 2.36. The Morgan fingerprint density at radius 3 is 2.29 bits per heavy atom. The minimum absolute atomic E-state index is 0. The Labute approximate surface area is 131 Å². The van der Waals surface area contributed by atoms with Gasteiger partial charge in [-0.25, -0.2) is 21.6 Å². The summed E-state index contributed by atoms with van der Waals surface area (Å²) in [4.78, 5) is -0.331. The van der Waals surface area contributed by atoms with E-state index in [-0.39, 0.29) is 34.5 Å². The van der Waals surface area contributed by atoms with Crippen LogP contribution in [0, 0.1) is 0 Å². The summed E-state index contributed by atoms with van der Waals surface area (Å²) in [5.74, 6) is 0.0640. The maximum Gasteiger partial charge on any atom is 0.244 e. The van der Waals surface area contributed by atoms with Crippen LogP contribution in [-0.4, -0.2) is 42.8 Å². The quantitative estimate of drug-likeness (QED) is 0.747. The van der Waals surface area contributed by atoms with Crippen molar-refractivity contribution in [2.75, 3.05) is 19.9 Å². The van der Waals surface area contributed by atoms with Crippen molar-refractivity contribution < 1.29 is 21.6 Å². The van der Waals surface area contributed by atoms with E-state index < -0.39 is 25.9 Å². The largest absolute Gasteiger partial charge is 0.495 e. The summed E-state index contributed by atoms with van der Waals surface area (Å²) in [6.45, 7) is 1.72. The Hall–Kier alpha value is -0.870. The lowest BCUT2D eigenvalue weighted by Crippen LogP contribution is -2.37. The highest BCUT2D eigenvalue weighted by atomic mass is 35.5. The fourth-order valence-electron chi connectivity index (χ4n) is 1.47. The molecule has 0 radical (unpaired) electrons. The highest BCUT2D eigenvalue weighted by molar-refractivity contribution is 7.91. The van der Waals surface area contributed by atoms with Crippen molar-refractivity contribution in [2.45, 2.75) is 22.8 Å². The maximum atomic E-state index is 12.2. The number of nitrogens with one attached hydrogen (secondary N) is 1. The van der Waals surface area contributed by atoms with Gasteiger partial charge >= 0.3 is 0 Å². The molecular formula is C11H19ClN2O5S2. The van der Waals surface area contributed by atoms with Crippen LogP contribution in [0.3, 0.4) is 0 Å². The first kappa shape index (κ1) is 20.1. The second-order valence-corrected chi connectivity index (χ2v) is 8.04. The molecule has 0 bridgehead atoms. The lowest BCUT2D eigenvalue weighted by Gasteiger charge is -2.15. The molecule has 21 heavy (non-hydrogen) atoms. The van der Waals surface area contributed by atoms with Crippen LogP contribution in [0.5, 0.6) is 5.75 Å². The molecule has 1 rings (SSSR count). The van der Waals surface area contributed by atoms with Gasteiger partial charge in [0.2, 0.25) is 10.0 Å². The van der Waals surface area contributed by atoms with Crippen LogP contribution >= 0.6 is 12.4 Å². The van der Waals surface area contributed by atoms with Crippen LogP contribution in [0.1, 0.15) is 6.92 Å². The minimum atomic E-state index is -3.92. The summed E-state index contributed by atoms with van der Waals surface area (Å²) >= 11 is 0. The number of benzene rings is 1. The number of hydrogen-bond donors (Lipinski definition) is 2. The molecule has 0 unspecified atom stereocenters. The lowest BCUT2D eigenvalue weighted by atomic mass is 10.3. The van der Waals surface area contributed by atoms with Gasteiger partial charge in [-0.05, 0) is 25.1 Å². The molecule has 7 nitrogen and oxygen atoms in total. The smallest absolute Gasteiger partial charge is 0.244 e. The number of ether oxygens (including phenoxy) is 1. The molecule has 1 aromatic rings. The molecule has 3 N–H and O–H groups in total. The summed E-state index contributed by atoms with van der Waals surface area (Å²) in [5, 5.41) is 0. The predicted molar refractivity (Wildman–Crippen MR) is 82.2 cm³/mol. The van der Waals surface area contributed by atoms with Crippen molar-refractivity contribution in [2.24, 2.45) is 5.73 Å². The monoisotopic (exact) mass is 358 g/mol. The van der Waals surface area contributed by atoms with E-state index in [1.807, 2.05) is 0 Å². The van der Waals surface area contributed by atoms with Gasteiger partial charge < -0.3 is 10.5 Å². The second-order valence-electron chi connectivity index (χ2n) is 4.34. The fraction of sp³-hybridized carbons (Fsp3) is 0.455. The first-order valence-electron chi connectivity index (χ1n) is 5.72. The first-order chi connectivity index (χ1) is 9.11. The van der Waals surface area contributed by atoms with E-state index in [0.717, 1.165) is 12.3 Å². The summed E-state index contributed by atoms with van der Waals surface area (Å²) < 4.78 is 54.8. The summed E-state index contributed by atoms with van der Waals surface area (Å²) in [6.07, 6.45) is 1.00. The summed E-state index contributed by atoms with van der Waals surface area (Å²) in [5.41, 5.74) is 5.37. The molecule has 0 aliphatic carbocycles. The number of sulfone groups is 1. The number of hydrogen-bond acceptors (Lipinski definition) is 6. The van der Waals surface area contributed by atoms with Crippen molar-refractivity contribution in [3.8, 4) is 5.75 Å². The summed E-state index contributed by atoms with van der Waals surface area (Å²) in [6, 6.07) is 3.18. The van der Waals surface area contributed by atoms with Gasteiger partial charge in [-0.3, -0.25) is 0 Å². The molecule has 0 aliphatic heterocycles. The number of rotatable bonds is 6. The van der Waals surface area contributed by atoms with E-state index in [1.165, 1.54) is 19.2 Å². The molecule has 0 spiro atoms. The van der Waals surface area contributed by atoms with Crippen LogP contribution in [0.2, 0.25) is 0 Å². The van der Waals surface area contributed by atoms with E-state index in [1.54, 1.807) is 6.92 Å². The predicted octanol–water partition coefficient (Wildman–Crippen LogP) is 0.146. The van der Waals surface area contributed by atoms with Gasteiger partial charge in [0.25, 0.3) is 0 Å². The Kier molecular flexibility index (Phi) is 7.10. The van der Waals surface area contributed by atoms with Crippen molar-refractivity contribution in [3.63, 3.8) is 0 Å². The third-order valence-electron chi connectivity index (χ3n) is 2.56. The Morgan fingerprint density at radius 1 is 1.29 bits per heavy atom. The van der Waals surface area contributed by atoms with Gasteiger partial charge in [-0.15, -0.1) is 12.4 Å². The van der Waals surface area contributed by atoms with E-state index in [0.29, 0.717) is 0 Å². The average molecular weight is 359 g/mol. The molecule has 0 saturated heterocycles. The maximum absolute atomic E-state index is 12.2. The standard InChI is InChI=1S/C11H18N2O5S2.ClH/c1-8(7-12)13-20(16,17)11-6-9(19(3,14)15)4-5-10(11)18-2;/h4-6,8,13H,7,12H2,1-3H3;1H/t8-;/m1./s1. The molecule has 0 aliphatic rings. The third-order valence-corrected chi connectivity index (χ3v) is 5.28. The van der Waals surface area contributed by atoms with Crippen molar-refractivity contribution >= 4 is 32.3 Å². The fourth-order valence-corrected chi connectivity index (χ4v) is 3.65. The SMILES string of the molecule is COc1ccc(S(C)(=O)=O)cc1S(=O)(=O)N[C@H](C)CN.Cl. The molecule has 0 aromatic heterocycles. The van der Waals surface area contributed by atoms with E-state index in [9.17, 15) is 16.8 Å². The topological polar surface area (TPSA) is 116 Å². The zero-order valence-corrected chi connectivity index (χ0v) is 14.3. The Balaban J connectivity index is 0.00000400. The van der Waals surface area contributed by atoms with Gasteiger partial charge in [0, 0.05) is 18.8 Å². The Morgan fingerprint density at radius 2 is 1.86 bits per heavy atom. The van der Waals surface area contributed by atoms with Crippen LogP contribution in [-0.2, 0) is 19.9 Å². The van der Waals surface area contributed by atoms with Crippen LogP contribution < -0.4 is 15.2 Å². The molecule has 1 aromatic carbocycles. The summed E-state index contributed by atoms with van der Waals surface area (Å²) in [7, 11) is -6.13. The van der Waals surface area contributed by atoms with Gasteiger partial charge in [-0.2, -0.15) is 0 Å². The molecule has 0 amide bonds. The number of nitrogens with two attached hydrogens (primary N) is 1. The van der Waals surface area contributed by atoms with Crippen LogP contribution in [0.15, 0.2) is 28.0 Å². The van der Waals surface area contributed by atoms with Crippen LogP contribution in [0.25, 0.3) is 0 Å². The van der Waals surface area contributed by atoms with Crippen molar-refractivity contribution in [1.29, 1.82) is 0 Å². The molecule has 10 heteroatoms. The number of halogens is 1. The number of sulfonamides is 1. The van der Waals surface area contributed by atoms with Crippen molar-refractivity contribution in [3.05, 3.63) is 18.2 Å². The highest BCUT2D eigenvalue weighted by Gasteiger charge is 2.23. The molecule has 1 atom stereocenters. The zero-order chi connectivity index (χ0) is 15.6. The van der Waals surface area contributed by atoms with Gasteiger partial charge in [0.1, 0.15) is 10.6 Å².